The van der Waals surface area contributed by atoms with Gasteiger partial charge in [-0.15, -0.1) is 0 Å². The highest BCUT2D eigenvalue weighted by Gasteiger charge is 2.25. The number of piperazine rings is 1. The lowest BCUT2D eigenvalue weighted by atomic mass is 10.0. The molecule has 3 heteroatoms. The SMILES string of the molecule is CN1CCN(CC(=O)C2CCCC2)CC1. The average molecular weight is 210 g/mol. The lowest BCUT2D eigenvalue weighted by Gasteiger charge is -2.32. The zero-order chi connectivity index (χ0) is 10.7. The molecule has 1 aliphatic carbocycles. The Hall–Kier alpha value is -0.410. The number of carbonyl (C=O) groups excluding carboxylic acids is 1. The summed E-state index contributed by atoms with van der Waals surface area (Å²) in [6, 6.07) is 0. The van der Waals surface area contributed by atoms with Crippen molar-refractivity contribution >= 4 is 5.78 Å². The van der Waals surface area contributed by atoms with E-state index in [-0.39, 0.29) is 0 Å². The number of Topliss-reactive ketones (excluding diaryl/α,β-unsaturated/α-hetero) is 1. The molecule has 0 amide bonds. The second-order valence-electron chi connectivity index (χ2n) is 5.03. The number of hydrogen-bond acceptors (Lipinski definition) is 3. The molecular formula is C12H22N2O. The van der Waals surface area contributed by atoms with E-state index in [9.17, 15) is 4.79 Å². The maximum Gasteiger partial charge on any atom is 0.149 e. The Labute approximate surface area is 92.4 Å². The van der Waals surface area contributed by atoms with E-state index >= 15 is 0 Å². The number of ketones is 1. The molecule has 2 fully saturated rings. The summed E-state index contributed by atoms with van der Waals surface area (Å²) in [5.41, 5.74) is 0. The Kier molecular flexibility index (Phi) is 3.76. The van der Waals surface area contributed by atoms with Gasteiger partial charge in [0.25, 0.3) is 0 Å². The normalized spacial score (nSPS) is 25.9. The molecule has 0 radical (unpaired) electrons. The van der Waals surface area contributed by atoms with Gasteiger partial charge in [0, 0.05) is 32.1 Å². The van der Waals surface area contributed by atoms with Crippen LogP contribution < -0.4 is 0 Å². The van der Waals surface area contributed by atoms with Crippen LogP contribution in [0.4, 0.5) is 0 Å². The molecule has 1 saturated carbocycles. The van der Waals surface area contributed by atoms with Gasteiger partial charge in [0.05, 0.1) is 6.54 Å². The zero-order valence-corrected chi connectivity index (χ0v) is 9.74. The second kappa shape index (κ2) is 5.08. The molecule has 15 heavy (non-hydrogen) atoms. The minimum atomic E-state index is 0.393. The van der Waals surface area contributed by atoms with Crippen LogP contribution >= 0.6 is 0 Å². The summed E-state index contributed by atoms with van der Waals surface area (Å²) >= 11 is 0. The van der Waals surface area contributed by atoms with E-state index in [1.165, 1.54) is 12.8 Å². The third-order valence-corrected chi connectivity index (χ3v) is 3.79. The smallest absolute Gasteiger partial charge is 0.149 e. The Bertz CT molecular complexity index is 216. The summed E-state index contributed by atoms with van der Waals surface area (Å²) in [7, 11) is 2.15. The van der Waals surface area contributed by atoms with Gasteiger partial charge in [0.1, 0.15) is 5.78 Å². The van der Waals surface area contributed by atoms with Gasteiger partial charge in [-0.1, -0.05) is 12.8 Å². The van der Waals surface area contributed by atoms with Gasteiger partial charge in [-0.25, -0.2) is 0 Å². The van der Waals surface area contributed by atoms with Crippen molar-refractivity contribution in [1.29, 1.82) is 0 Å². The van der Waals surface area contributed by atoms with Gasteiger partial charge in [0.15, 0.2) is 0 Å². The molecule has 0 spiro atoms. The standard InChI is InChI=1S/C12H22N2O/c1-13-6-8-14(9-7-13)10-12(15)11-4-2-3-5-11/h11H,2-10H2,1H3. The monoisotopic (exact) mass is 210 g/mol. The molecule has 0 bridgehead atoms. The second-order valence-corrected chi connectivity index (χ2v) is 5.03. The average Bonchev–Trinajstić information content (AvgIpc) is 2.74. The highest BCUT2D eigenvalue weighted by molar-refractivity contribution is 5.83. The van der Waals surface area contributed by atoms with Crippen LogP contribution in [0.3, 0.4) is 0 Å². The molecule has 0 aromatic carbocycles. The van der Waals surface area contributed by atoms with Crippen LogP contribution in [0.5, 0.6) is 0 Å². The van der Waals surface area contributed by atoms with E-state index in [0.29, 0.717) is 18.2 Å². The van der Waals surface area contributed by atoms with Gasteiger partial charge < -0.3 is 4.90 Å². The lowest BCUT2D eigenvalue weighted by Crippen LogP contribution is -2.46. The van der Waals surface area contributed by atoms with Crippen molar-refractivity contribution in [1.82, 2.24) is 9.80 Å². The van der Waals surface area contributed by atoms with Gasteiger partial charge in [-0.2, -0.15) is 0 Å². The number of nitrogens with zero attached hydrogens (tertiary/aromatic N) is 2. The van der Waals surface area contributed by atoms with Crippen LogP contribution in [-0.4, -0.2) is 55.4 Å². The van der Waals surface area contributed by atoms with Crippen molar-refractivity contribution in [3.8, 4) is 0 Å². The summed E-state index contributed by atoms with van der Waals surface area (Å²) in [5.74, 6) is 0.890. The van der Waals surface area contributed by atoms with E-state index < -0.39 is 0 Å². The fourth-order valence-corrected chi connectivity index (χ4v) is 2.60. The quantitative estimate of drug-likeness (QED) is 0.694. The molecule has 86 valence electrons. The fraction of sp³-hybridized carbons (Fsp3) is 0.917. The van der Waals surface area contributed by atoms with Crippen molar-refractivity contribution in [2.45, 2.75) is 25.7 Å². The summed E-state index contributed by atoms with van der Waals surface area (Å²) in [6.07, 6.45) is 4.82. The molecule has 1 aliphatic heterocycles. The Morgan fingerprint density at radius 1 is 1.13 bits per heavy atom. The van der Waals surface area contributed by atoms with Crippen LogP contribution in [0.15, 0.2) is 0 Å². The molecule has 0 atom stereocenters. The number of likely N-dealkylation sites (N-methyl/N-ethyl adjacent to an activating group) is 1. The van der Waals surface area contributed by atoms with Crippen molar-refractivity contribution in [2.75, 3.05) is 39.8 Å². The van der Waals surface area contributed by atoms with Crippen molar-refractivity contribution in [3.63, 3.8) is 0 Å². The highest BCUT2D eigenvalue weighted by atomic mass is 16.1. The van der Waals surface area contributed by atoms with Crippen LogP contribution in [0, 0.1) is 5.92 Å². The summed E-state index contributed by atoms with van der Waals surface area (Å²) in [6.45, 7) is 5.05. The minimum Gasteiger partial charge on any atom is -0.304 e. The molecule has 0 aromatic rings. The maximum atomic E-state index is 11.9. The molecule has 1 heterocycles. The predicted octanol–water partition coefficient (Wildman–Crippen LogP) is 0.993. The minimum absolute atomic E-state index is 0.393. The summed E-state index contributed by atoms with van der Waals surface area (Å²) in [4.78, 5) is 16.6. The number of rotatable bonds is 3. The Morgan fingerprint density at radius 2 is 1.73 bits per heavy atom. The lowest BCUT2D eigenvalue weighted by molar-refractivity contribution is -0.124. The first-order valence-electron chi connectivity index (χ1n) is 6.19. The van der Waals surface area contributed by atoms with Crippen LogP contribution in [0.2, 0.25) is 0 Å². The van der Waals surface area contributed by atoms with E-state index in [1.54, 1.807) is 0 Å². The van der Waals surface area contributed by atoms with Gasteiger partial charge in [-0.3, -0.25) is 9.69 Å². The first-order chi connectivity index (χ1) is 7.25. The molecule has 3 nitrogen and oxygen atoms in total. The summed E-state index contributed by atoms with van der Waals surface area (Å²) in [5, 5.41) is 0. The van der Waals surface area contributed by atoms with E-state index in [2.05, 4.69) is 16.8 Å². The zero-order valence-electron chi connectivity index (χ0n) is 9.74. The molecule has 0 unspecified atom stereocenters. The van der Waals surface area contributed by atoms with Gasteiger partial charge in [0.2, 0.25) is 0 Å². The number of hydrogen-bond donors (Lipinski definition) is 0. The largest absolute Gasteiger partial charge is 0.304 e. The third kappa shape index (κ3) is 3.02. The van der Waals surface area contributed by atoms with E-state index in [0.717, 1.165) is 39.0 Å². The molecule has 2 rings (SSSR count). The Balaban J connectivity index is 1.74. The van der Waals surface area contributed by atoms with Crippen molar-refractivity contribution in [3.05, 3.63) is 0 Å². The van der Waals surface area contributed by atoms with Crippen LogP contribution in [0.1, 0.15) is 25.7 Å². The molecule has 2 aliphatic rings. The summed E-state index contributed by atoms with van der Waals surface area (Å²) < 4.78 is 0. The highest BCUT2D eigenvalue weighted by Crippen LogP contribution is 2.25. The molecule has 1 saturated heterocycles. The third-order valence-electron chi connectivity index (χ3n) is 3.79. The van der Waals surface area contributed by atoms with Gasteiger partial charge in [-0.05, 0) is 19.9 Å². The van der Waals surface area contributed by atoms with E-state index in [1.807, 2.05) is 0 Å². The van der Waals surface area contributed by atoms with Crippen molar-refractivity contribution < 1.29 is 4.79 Å². The first kappa shape index (κ1) is 11.1. The van der Waals surface area contributed by atoms with Gasteiger partial charge >= 0.3 is 0 Å². The van der Waals surface area contributed by atoms with Crippen LogP contribution in [-0.2, 0) is 4.79 Å². The molecule has 0 aromatic heterocycles. The Morgan fingerprint density at radius 3 is 2.33 bits per heavy atom. The molecular weight excluding hydrogens is 188 g/mol. The maximum absolute atomic E-state index is 11.9. The number of carbonyl (C=O) groups is 1. The van der Waals surface area contributed by atoms with Crippen LogP contribution in [0.25, 0.3) is 0 Å². The predicted molar refractivity (Wildman–Crippen MR) is 60.9 cm³/mol. The first-order valence-corrected chi connectivity index (χ1v) is 6.19. The fourth-order valence-electron chi connectivity index (χ4n) is 2.60. The topological polar surface area (TPSA) is 23.6 Å². The molecule has 0 N–H and O–H groups in total. The van der Waals surface area contributed by atoms with E-state index in [4.69, 9.17) is 0 Å². The van der Waals surface area contributed by atoms with Crippen molar-refractivity contribution in [2.24, 2.45) is 5.92 Å².